The van der Waals surface area contributed by atoms with Crippen LogP contribution in [0.15, 0.2) is 66.7 Å². The van der Waals surface area contributed by atoms with Crippen molar-refractivity contribution in [3.63, 3.8) is 0 Å². The molecule has 0 spiro atoms. The number of rotatable bonds is 5. The maximum Gasteiger partial charge on any atom is 0.339 e. The third-order valence-electron chi connectivity index (χ3n) is 5.17. The van der Waals surface area contributed by atoms with E-state index in [9.17, 15) is 19.2 Å². The first-order valence-corrected chi connectivity index (χ1v) is 9.92. The highest BCUT2D eigenvalue weighted by molar-refractivity contribution is 6.30. The highest BCUT2D eigenvalue weighted by atomic mass is 16.5. The summed E-state index contributed by atoms with van der Waals surface area (Å²) in [6, 6.07) is 18.1. The molecule has 1 aliphatic carbocycles. The molecule has 0 saturated carbocycles. The number of benzene rings is 3. The van der Waals surface area contributed by atoms with Crippen molar-refractivity contribution in [2.75, 3.05) is 30.9 Å². The van der Waals surface area contributed by atoms with Crippen molar-refractivity contribution >= 4 is 34.8 Å². The van der Waals surface area contributed by atoms with Gasteiger partial charge >= 0.3 is 5.97 Å². The summed E-state index contributed by atoms with van der Waals surface area (Å²) in [6.45, 7) is -0.531. The lowest BCUT2D eigenvalue weighted by Crippen LogP contribution is -2.26. The molecule has 0 aromatic heterocycles. The molecule has 0 atom stereocenters. The van der Waals surface area contributed by atoms with E-state index < -0.39 is 24.3 Å². The van der Waals surface area contributed by atoms with E-state index in [1.54, 1.807) is 36.4 Å². The van der Waals surface area contributed by atoms with Crippen LogP contribution in [0.25, 0.3) is 0 Å². The van der Waals surface area contributed by atoms with Gasteiger partial charge in [-0.3, -0.25) is 14.4 Å². The number of anilines is 2. The van der Waals surface area contributed by atoms with Crippen LogP contribution < -0.4 is 10.2 Å². The maximum atomic E-state index is 13.0. The third-order valence-corrected chi connectivity index (χ3v) is 5.17. The van der Waals surface area contributed by atoms with Crippen molar-refractivity contribution in [1.29, 1.82) is 0 Å². The van der Waals surface area contributed by atoms with Crippen molar-refractivity contribution in [2.45, 2.75) is 0 Å². The van der Waals surface area contributed by atoms with E-state index in [1.165, 1.54) is 18.2 Å². The summed E-state index contributed by atoms with van der Waals surface area (Å²) in [4.78, 5) is 52.6. The number of ether oxygens (including phenoxy) is 1. The molecule has 3 aromatic rings. The summed E-state index contributed by atoms with van der Waals surface area (Å²) in [5.74, 6) is -2.12. The van der Waals surface area contributed by atoms with Gasteiger partial charge in [0.15, 0.2) is 18.2 Å². The fraction of sp³-hybridized carbons (Fsp3) is 0.120. The van der Waals surface area contributed by atoms with Crippen LogP contribution in [-0.2, 0) is 9.53 Å². The second-order valence-electron chi connectivity index (χ2n) is 7.50. The number of esters is 1. The monoisotopic (exact) mass is 428 g/mol. The van der Waals surface area contributed by atoms with Crippen molar-refractivity contribution in [1.82, 2.24) is 0 Å². The largest absolute Gasteiger partial charge is 0.452 e. The van der Waals surface area contributed by atoms with Crippen LogP contribution in [0.5, 0.6) is 0 Å². The summed E-state index contributed by atoms with van der Waals surface area (Å²) in [6.07, 6.45) is 0. The van der Waals surface area contributed by atoms with E-state index in [1.807, 2.05) is 31.1 Å². The summed E-state index contributed by atoms with van der Waals surface area (Å²) >= 11 is 0. The average Bonchev–Trinajstić information content (AvgIpc) is 2.81. The lowest BCUT2D eigenvalue weighted by Gasteiger charge is -2.19. The van der Waals surface area contributed by atoms with Gasteiger partial charge in [0, 0.05) is 47.7 Å². The summed E-state index contributed by atoms with van der Waals surface area (Å²) in [5, 5.41) is 2.65. The highest BCUT2D eigenvalue weighted by Crippen LogP contribution is 2.29. The zero-order valence-electron chi connectivity index (χ0n) is 17.5. The molecule has 3 aromatic carbocycles. The minimum absolute atomic E-state index is 0.000817. The maximum absolute atomic E-state index is 13.0. The van der Waals surface area contributed by atoms with Gasteiger partial charge in [-0.1, -0.05) is 36.4 Å². The average molecular weight is 428 g/mol. The molecular weight excluding hydrogens is 408 g/mol. The Hall–Kier alpha value is -4.26. The van der Waals surface area contributed by atoms with Gasteiger partial charge in [0.25, 0.3) is 5.91 Å². The van der Waals surface area contributed by atoms with E-state index in [4.69, 9.17) is 4.74 Å². The van der Waals surface area contributed by atoms with Gasteiger partial charge in [0.1, 0.15) is 0 Å². The van der Waals surface area contributed by atoms with Crippen molar-refractivity contribution in [2.24, 2.45) is 0 Å². The Morgan fingerprint density at radius 3 is 2.09 bits per heavy atom. The minimum atomic E-state index is -0.847. The molecular formula is C25H20N2O5. The van der Waals surface area contributed by atoms with Gasteiger partial charge < -0.3 is 15.0 Å². The van der Waals surface area contributed by atoms with Gasteiger partial charge in [-0.15, -0.1) is 0 Å². The van der Waals surface area contributed by atoms with Gasteiger partial charge in [-0.2, -0.15) is 0 Å². The van der Waals surface area contributed by atoms with Crippen LogP contribution in [0.2, 0.25) is 0 Å². The number of ketones is 2. The molecule has 0 saturated heterocycles. The molecule has 0 unspecified atom stereocenters. The molecule has 160 valence electrons. The van der Waals surface area contributed by atoms with Gasteiger partial charge in [0.2, 0.25) is 0 Å². The van der Waals surface area contributed by atoms with Crippen molar-refractivity contribution in [3.05, 3.63) is 94.5 Å². The van der Waals surface area contributed by atoms with Gasteiger partial charge in [-0.25, -0.2) is 4.79 Å². The fourth-order valence-corrected chi connectivity index (χ4v) is 3.56. The molecule has 4 rings (SSSR count). The fourth-order valence-electron chi connectivity index (χ4n) is 3.56. The number of nitrogens with one attached hydrogen (secondary N) is 1. The molecule has 0 fully saturated rings. The minimum Gasteiger partial charge on any atom is -0.452 e. The number of hydrogen-bond acceptors (Lipinski definition) is 6. The molecule has 7 nitrogen and oxygen atoms in total. The molecule has 1 amide bonds. The Bertz CT molecular complexity index is 1250. The first kappa shape index (κ1) is 21.0. The smallest absolute Gasteiger partial charge is 0.339 e. The predicted molar refractivity (Wildman–Crippen MR) is 119 cm³/mol. The molecule has 0 bridgehead atoms. The molecule has 0 aliphatic heterocycles. The molecule has 7 heteroatoms. The zero-order valence-corrected chi connectivity index (χ0v) is 17.5. The lowest BCUT2D eigenvalue weighted by atomic mass is 9.82. The molecule has 0 radical (unpaired) electrons. The Labute approximate surface area is 184 Å². The number of nitrogens with zero attached hydrogens (tertiary/aromatic N) is 1. The van der Waals surface area contributed by atoms with E-state index in [0.717, 1.165) is 5.69 Å². The SMILES string of the molecule is CN(C)c1ccc(NC(=O)COC(=O)c2cccc3c2C(=O)c2ccccc2C3=O)cc1. The predicted octanol–water partition coefficient (Wildman–Crippen LogP) is 3.32. The topological polar surface area (TPSA) is 92.8 Å². The number of fused-ring (bicyclic) bond motifs is 2. The van der Waals surface area contributed by atoms with Gasteiger partial charge in [0.05, 0.1) is 5.56 Å². The van der Waals surface area contributed by atoms with Crippen LogP contribution in [0.3, 0.4) is 0 Å². The number of hydrogen-bond donors (Lipinski definition) is 1. The second-order valence-corrected chi connectivity index (χ2v) is 7.50. The number of amides is 1. The third kappa shape index (κ3) is 3.88. The van der Waals surface area contributed by atoms with Crippen LogP contribution >= 0.6 is 0 Å². The number of carbonyl (C=O) groups is 4. The first-order valence-electron chi connectivity index (χ1n) is 9.92. The highest BCUT2D eigenvalue weighted by Gasteiger charge is 2.33. The number of carbonyl (C=O) groups excluding carboxylic acids is 4. The van der Waals surface area contributed by atoms with Crippen molar-refractivity contribution in [3.8, 4) is 0 Å². The Kier molecular flexibility index (Phi) is 5.55. The van der Waals surface area contributed by atoms with E-state index in [2.05, 4.69) is 5.32 Å². The summed E-state index contributed by atoms with van der Waals surface area (Å²) in [7, 11) is 3.82. The van der Waals surface area contributed by atoms with Crippen LogP contribution in [0, 0.1) is 0 Å². The van der Waals surface area contributed by atoms with E-state index >= 15 is 0 Å². The Morgan fingerprint density at radius 2 is 1.44 bits per heavy atom. The zero-order chi connectivity index (χ0) is 22.8. The van der Waals surface area contributed by atoms with Crippen LogP contribution in [0.4, 0.5) is 11.4 Å². The Morgan fingerprint density at radius 1 is 0.812 bits per heavy atom. The van der Waals surface area contributed by atoms with E-state index in [0.29, 0.717) is 11.3 Å². The van der Waals surface area contributed by atoms with Crippen LogP contribution in [-0.4, -0.2) is 44.1 Å². The summed E-state index contributed by atoms with van der Waals surface area (Å²) < 4.78 is 5.14. The first-order chi connectivity index (χ1) is 15.4. The van der Waals surface area contributed by atoms with Gasteiger partial charge in [-0.05, 0) is 30.3 Å². The van der Waals surface area contributed by atoms with Crippen LogP contribution in [0.1, 0.15) is 42.2 Å². The Balaban J connectivity index is 1.48. The molecule has 1 N–H and O–H groups in total. The molecule has 1 aliphatic rings. The standard InChI is InChI=1S/C25H20N2O5/c1-27(2)16-12-10-15(11-13-16)26-21(28)14-32-25(31)20-9-5-8-19-22(20)24(30)18-7-4-3-6-17(18)23(19)29/h3-13H,14H2,1-2H3,(H,26,28). The second kappa shape index (κ2) is 8.47. The summed E-state index contributed by atoms with van der Waals surface area (Å²) in [5.41, 5.74) is 2.18. The van der Waals surface area contributed by atoms with Crippen molar-refractivity contribution < 1.29 is 23.9 Å². The lowest BCUT2D eigenvalue weighted by molar-refractivity contribution is -0.119. The molecule has 32 heavy (non-hydrogen) atoms. The normalized spacial score (nSPS) is 11.9. The van der Waals surface area contributed by atoms with E-state index in [-0.39, 0.29) is 28.0 Å². The quantitative estimate of drug-likeness (QED) is 0.490. The molecule has 0 heterocycles.